The third-order valence-electron chi connectivity index (χ3n) is 3.05. The average molecular weight is 222 g/mol. The smallest absolute Gasteiger partial charge is 0.253 e. The summed E-state index contributed by atoms with van der Waals surface area (Å²) in [5, 5.41) is 0. The molecular weight excluding hydrogens is 207 g/mol. The number of halogens is 1. The van der Waals surface area contributed by atoms with Crippen molar-refractivity contribution in [3.63, 3.8) is 0 Å². The fourth-order valence-electron chi connectivity index (χ4n) is 1.97. The molecule has 1 aromatic heterocycles. The van der Waals surface area contributed by atoms with Crippen molar-refractivity contribution in [1.29, 1.82) is 0 Å². The van der Waals surface area contributed by atoms with E-state index in [1.807, 2.05) is 0 Å². The van der Waals surface area contributed by atoms with Crippen LogP contribution in [0.15, 0.2) is 24.5 Å². The van der Waals surface area contributed by atoms with Crippen LogP contribution in [0.3, 0.4) is 0 Å². The van der Waals surface area contributed by atoms with E-state index in [4.69, 9.17) is 0 Å². The summed E-state index contributed by atoms with van der Waals surface area (Å²) in [5.74, 6) is 0.168. The second-order valence-electron chi connectivity index (χ2n) is 4.13. The van der Waals surface area contributed by atoms with Crippen LogP contribution in [0.1, 0.15) is 23.2 Å². The van der Waals surface area contributed by atoms with E-state index in [2.05, 4.69) is 4.98 Å². The Morgan fingerprint density at radius 1 is 1.38 bits per heavy atom. The fourth-order valence-corrected chi connectivity index (χ4v) is 1.97. The molecule has 1 aliphatic heterocycles. The first-order valence-electron chi connectivity index (χ1n) is 5.56. The van der Waals surface area contributed by atoms with Gasteiger partial charge in [0.15, 0.2) is 0 Å². The van der Waals surface area contributed by atoms with Gasteiger partial charge in [-0.3, -0.25) is 14.2 Å². The molecule has 4 heteroatoms. The number of piperidine rings is 1. The second kappa shape index (κ2) is 5.05. The number of likely N-dealkylation sites (tertiary alicyclic amines) is 1. The van der Waals surface area contributed by atoms with Crippen molar-refractivity contribution in [3.8, 4) is 0 Å². The Balaban J connectivity index is 1.97. The molecule has 0 unspecified atom stereocenters. The van der Waals surface area contributed by atoms with Gasteiger partial charge in [-0.2, -0.15) is 0 Å². The molecule has 16 heavy (non-hydrogen) atoms. The molecule has 0 radical (unpaired) electrons. The summed E-state index contributed by atoms with van der Waals surface area (Å²) in [6.45, 7) is 1.06. The van der Waals surface area contributed by atoms with E-state index in [0.29, 0.717) is 18.7 Å². The van der Waals surface area contributed by atoms with Crippen molar-refractivity contribution in [3.05, 3.63) is 30.1 Å². The number of aromatic nitrogens is 1. The highest BCUT2D eigenvalue weighted by molar-refractivity contribution is 5.94. The van der Waals surface area contributed by atoms with Crippen LogP contribution in [-0.2, 0) is 0 Å². The van der Waals surface area contributed by atoms with Gasteiger partial charge in [0.2, 0.25) is 0 Å². The van der Waals surface area contributed by atoms with Crippen LogP contribution < -0.4 is 0 Å². The molecule has 1 fully saturated rings. The predicted octanol–water partition coefficient (Wildman–Crippen LogP) is 1.90. The first kappa shape index (κ1) is 11.0. The molecule has 2 heterocycles. The summed E-state index contributed by atoms with van der Waals surface area (Å²) < 4.78 is 12.4. The van der Waals surface area contributed by atoms with Crippen LogP contribution in [0.25, 0.3) is 0 Å². The normalized spacial score (nSPS) is 17.4. The third kappa shape index (κ3) is 2.38. The fraction of sp³-hybridized carbons (Fsp3) is 0.500. The quantitative estimate of drug-likeness (QED) is 0.765. The molecule has 0 aliphatic carbocycles. The van der Waals surface area contributed by atoms with E-state index in [1.54, 1.807) is 29.4 Å². The molecule has 3 nitrogen and oxygen atoms in total. The number of pyridine rings is 1. The largest absolute Gasteiger partial charge is 0.339 e. The highest BCUT2D eigenvalue weighted by atomic mass is 19.1. The average Bonchev–Trinajstić information content (AvgIpc) is 2.39. The zero-order valence-electron chi connectivity index (χ0n) is 9.10. The van der Waals surface area contributed by atoms with Crippen LogP contribution in [-0.4, -0.2) is 35.6 Å². The van der Waals surface area contributed by atoms with E-state index < -0.39 is 0 Å². The summed E-state index contributed by atoms with van der Waals surface area (Å²) >= 11 is 0. The minimum atomic E-state index is -0.267. The monoisotopic (exact) mass is 222 g/mol. The number of alkyl halides is 1. The Labute approximate surface area is 94.3 Å². The molecule has 1 amide bonds. The van der Waals surface area contributed by atoms with Crippen LogP contribution in [0.4, 0.5) is 4.39 Å². The van der Waals surface area contributed by atoms with Gasteiger partial charge in [-0.1, -0.05) is 0 Å². The first-order valence-corrected chi connectivity index (χ1v) is 5.56. The zero-order valence-corrected chi connectivity index (χ0v) is 9.10. The Kier molecular flexibility index (Phi) is 3.49. The summed E-state index contributed by atoms with van der Waals surface area (Å²) in [6.07, 6.45) is 4.77. The molecule has 0 spiro atoms. The first-order chi connectivity index (χ1) is 7.81. The number of hydrogen-bond donors (Lipinski definition) is 0. The van der Waals surface area contributed by atoms with E-state index in [1.165, 1.54) is 0 Å². The molecule has 1 aliphatic rings. The lowest BCUT2D eigenvalue weighted by atomic mass is 9.98. The third-order valence-corrected chi connectivity index (χ3v) is 3.05. The van der Waals surface area contributed by atoms with Crippen molar-refractivity contribution in [2.75, 3.05) is 19.8 Å². The van der Waals surface area contributed by atoms with Crippen LogP contribution >= 0.6 is 0 Å². The lowest BCUT2D eigenvalue weighted by molar-refractivity contribution is 0.0677. The topological polar surface area (TPSA) is 33.2 Å². The van der Waals surface area contributed by atoms with E-state index >= 15 is 0 Å². The molecule has 86 valence electrons. The summed E-state index contributed by atoms with van der Waals surface area (Å²) in [4.78, 5) is 17.7. The molecule has 0 N–H and O–H groups in total. The van der Waals surface area contributed by atoms with Crippen LogP contribution in [0.5, 0.6) is 0 Å². The van der Waals surface area contributed by atoms with Gasteiger partial charge >= 0.3 is 0 Å². The number of carbonyl (C=O) groups is 1. The van der Waals surface area contributed by atoms with Crippen molar-refractivity contribution < 1.29 is 9.18 Å². The van der Waals surface area contributed by atoms with Gasteiger partial charge in [-0.15, -0.1) is 0 Å². The molecule has 0 saturated carbocycles. The van der Waals surface area contributed by atoms with Gasteiger partial charge in [-0.05, 0) is 30.9 Å². The molecule has 0 aromatic carbocycles. The van der Waals surface area contributed by atoms with Crippen molar-refractivity contribution in [2.45, 2.75) is 12.8 Å². The van der Waals surface area contributed by atoms with Gasteiger partial charge in [-0.25, -0.2) is 0 Å². The summed E-state index contributed by atoms with van der Waals surface area (Å²) in [6, 6.07) is 3.42. The minimum absolute atomic E-state index is 0.0275. The van der Waals surface area contributed by atoms with E-state index in [0.717, 1.165) is 12.8 Å². The minimum Gasteiger partial charge on any atom is -0.339 e. The maximum atomic E-state index is 12.4. The highest BCUT2D eigenvalue weighted by Gasteiger charge is 2.23. The number of amides is 1. The number of hydrogen-bond acceptors (Lipinski definition) is 2. The molecule has 1 saturated heterocycles. The van der Waals surface area contributed by atoms with Gasteiger partial charge in [0, 0.05) is 31.0 Å². The molecule has 1 aromatic rings. The Morgan fingerprint density at radius 3 is 2.56 bits per heavy atom. The molecular formula is C12H15FN2O. The van der Waals surface area contributed by atoms with Gasteiger partial charge in [0.1, 0.15) is 0 Å². The van der Waals surface area contributed by atoms with E-state index in [9.17, 15) is 9.18 Å². The maximum absolute atomic E-state index is 12.4. The van der Waals surface area contributed by atoms with Gasteiger partial charge in [0.25, 0.3) is 5.91 Å². The Bertz CT molecular complexity index is 347. The summed E-state index contributed by atoms with van der Waals surface area (Å²) in [7, 11) is 0. The van der Waals surface area contributed by atoms with Crippen LogP contribution in [0, 0.1) is 5.92 Å². The van der Waals surface area contributed by atoms with Gasteiger partial charge in [0.05, 0.1) is 6.67 Å². The van der Waals surface area contributed by atoms with Crippen LogP contribution in [0.2, 0.25) is 0 Å². The molecule has 2 rings (SSSR count). The lowest BCUT2D eigenvalue weighted by Gasteiger charge is -2.30. The standard InChI is InChI=1S/C12H15FN2O/c13-9-10-3-7-15(8-4-10)12(16)11-1-5-14-6-2-11/h1-2,5-6,10H,3-4,7-9H2. The molecule has 0 bridgehead atoms. The van der Waals surface area contributed by atoms with Gasteiger partial charge < -0.3 is 4.90 Å². The van der Waals surface area contributed by atoms with E-state index in [-0.39, 0.29) is 18.5 Å². The predicted molar refractivity (Wildman–Crippen MR) is 58.8 cm³/mol. The Hall–Kier alpha value is -1.45. The van der Waals surface area contributed by atoms with Crippen molar-refractivity contribution >= 4 is 5.91 Å². The maximum Gasteiger partial charge on any atom is 0.253 e. The SMILES string of the molecule is O=C(c1ccncc1)N1CCC(CF)CC1. The number of nitrogens with zero attached hydrogens (tertiary/aromatic N) is 2. The summed E-state index contributed by atoms with van der Waals surface area (Å²) in [5.41, 5.74) is 0.661. The molecule has 0 atom stereocenters. The van der Waals surface area contributed by atoms with Crippen molar-refractivity contribution in [2.24, 2.45) is 5.92 Å². The lowest BCUT2D eigenvalue weighted by Crippen LogP contribution is -2.38. The Morgan fingerprint density at radius 2 is 2.00 bits per heavy atom. The zero-order chi connectivity index (χ0) is 11.4. The highest BCUT2D eigenvalue weighted by Crippen LogP contribution is 2.19. The second-order valence-corrected chi connectivity index (χ2v) is 4.13. The number of rotatable bonds is 2. The van der Waals surface area contributed by atoms with Crippen molar-refractivity contribution in [1.82, 2.24) is 9.88 Å². The number of carbonyl (C=O) groups excluding carboxylic acids is 1.